The molecule has 0 radical (unpaired) electrons. The molecule has 4 nitrogen and oxygen atoms in total. The van der Waals surface area contributed by atoms with Crippen LogP contribution in [0.5, 0.6) is 0 Å². The van der Waals surface area contributed by atoms with E-state index in [-0.39, 0.29) is 0 Å². The molecule has 0 saturated carbocycles. The zero-order valence-corrected chi connectivity index (χ0v) is 8.11. The van der Waals surface area contributed by atoms with Crippen LogP contribution in [0.4, 0.5) is 5.82 Å². The number of hydrogen-bond acceptors (Lipinski definition) is 4. The first-order chi connectivity index (χ1) is 6.68. The van der Waals surface area contributed by atoms with Gasteiger partial charge in [0.1, 0.15) is 0 Å². The summed E-state index contributed by atoms with van der Waals surface area (Å²) in [5, 5.41) is 7.28. The van der Waals surface area contributed by atoms with Crippen molar-refractivity contribution in [3.8, 4) is 11.3 Å². The molecule has 1 heterocycles. The second-order valence-corrected chi connectivity index (χ2v) is 3.30. The van der Waals surface area contributed by atoms with E-state index >= 15 is 0 Å². The molecule has 0 amide bonds. The summed E-state index contributed by atoms with van der Waals surface area (Å²) in [4.78, 5) is 0. The maximum absolute atomic E-state index is 5.59. The summed E-state index contributed by atoms with van der Waals surface area (Å²) in [6.07, 6.45) is 0. The first-order valence-electron chi connectivity index (χ1n) is 4.34. The quantitative estimate of drug-likeness (QED) is 0.744. The van der Waals surface area contributed by atoms with Gasteiger partial charge >= 0.3 is 0 Å². The van der Waals surface area contributed by atoms with Gasteiger partial charge in [-0.2, -0.15) is 0 Å². The SMILES string of the molecule is Cc1ccc(-c2nonc2N)cc1C. The van der Waals surface area contributed by atoms with Crippen LogP contribution >= 0.6 is 0 Å². The second-order valence-electron chi connectivity index (χ2n) is 3.30. The molecule has 4 heteroatoms. The highest BCUT2D eigenvalue weighted by Crippen LogP contribution is 2.23. The topological polar surface area (TPSA) is 64.9 Å². The minimum absolute atomic E-state index is 0.327. The molecule has 0 fully saturated rings. The number of anilines is 1. The van der Waals surface area contributed by atoms with Crippen LogP contribution in [0, 0.1) is 13.8 Å². The summed E-state index contributed by atoms with van der Waals surface area (Å²) in [5.74, 6) is 0.327. The van der Waals surface area contributed by atoms with Crippen LogP contribution in [0.15, 0.2) is 22.8 Å². The molecular weight excluding hydrogens is 178 g/mol. The van der Waals surface area contributed by atoms with E-state index in [1.165, 1.54) is 11.1 Å². The monoisotopic (exact) mass is 189 g/mol. The van der Waals surface area contributed by atoms with Gasteiger partial charge in [0.25, 0.3) is 0 Å². The van der Waals surface area contributed by atoms with E-state index in [2.05, 4.69) is 21.9 Å². The summed E-state index contributed by atoms with van der Waals surface area (Å²) < 4.78 is 4.54. The Morgan fingerprint density at radius 1 is 1.14 bits per heavy atom. The standard InChI is InChI=1S/C10H11N3O/c1-6-3-4-8(5-7(6)2)9-10(11)13-14-12-9/h3-5H,1-2H3,(H2,11,13). The number of benzene rings is 1. The normalized spacial score (nSPS) is 10.4. The zero-order valence-electron chi connectivity index (χ0n) is 8.11. The molecule has 0 saturated heterocycles. The van der Waals surface area contributed by atoms with E-state index in [1.54, 1.807) is 0 Å². The van der Waals surface area contributed by atoms with Crippen LogP contribution in [0.1, 0.15) is 11.1 Å². The van der Waals surface area contributed by atoms with E-state index in [4.69, 9.17) is 5.73 Å². The highest BCUT2D eigenvalue weighted by atomic mass is 16.6. The van der Waals surface area contributed by atoms with Gasteiger partial charge in [-0.25, -0.2) is 4.63 Å². The molecule has 14 heavy (non-hydrogen) atoms. The fourth-order valence-corrected chi connectivity index (χ4v) is 1.28. The van der Waals surface area contributed by atoms with Gasteiger partial charge in [0.15, 0.2) is 11.5 Å². The van der Waals surface area contributed by atoms with E-state index < -0.39 is 0 Å². The smallest absolute Gasteiger partial charge is 0.196 e. The van der Waals surface area contributed by atoms with Gasteiger partial charge in [0, 0.05) is 5.56 Å². The summed E-state index contributed by atoms with van der Waals surface area (Å²) >= 11 is 0. The van der Waals surface area contributed by atoms with Crippen molar-refractivity contribution < 1.29 is 4.63 Å². The van der Waals surface area contributed by atoms with E-state index in [9.17, 15) is 0 Å². The lowest BCUT2D eigenvalue weighted by Crippen LogP contribution is -1.89. The van der Waals surface area contributed by atoms with Crippen molar-refractivity contribution in [2.75, 3.05) is 5.73 Å². The molecule has 0 unspecified atom stereocenters. The summed E-state index contributed by atoms with van der Waals surface area (Å²) in [7, 11) is 0. The average molecular weight is 189 g/mol. The molecule has 1 aromatic heterocycles. The molecule has 2 aromatic rings. The lowest BCUT2D eigenvalue weighted by atomic mass is 10.0. The van der Waals surface area contributed by atoms with Crippen LogP contribution in [-0.2, 0) is 0 Å². The third kappa shape index (κ3) is 1.35. The van der Waals surface area contributed by atoms with Crippen LogP contribution in [-0.4, -0.2) is 10.3 Å². The van der Waals surface area contributed by atoms with Crippen molar-refractivity contribution in [3.63, 3.8) is 0 Å². The molecule has 1 aromatic carbocycles. The van der Waals surface area contributed by atoms with E-state index in [0.29, 0.717) is 11.5 Å². The third-order valence-electron chi connectivity index (χ3n) is 2.29. The minimum Gasteiger partial charge on any atom is -0.379 e. The van der Waals surface area contributed by atoms with E-state index in [1.807, 2.05) is 25.1 Å². The number of nitrogen functional groups attached to an aromatic ring is 1. The largest absolute Gasteiger partial charge is 0.379 e. The second kappa shape index (κ2) is 3.14. The van der Waals surface area contributed by atoms with Crippen molar-refractivity contribution in [2.24, 2.45) is 0 Å². The molecular formula is C10H11N3O. The van der Waals surface area contributed by atoms with Gasteiger partial charge in [0.2, 0.25) is 0 Å². The summed E-state index contributed by atoms with van der Waals surface area (Å²) in [6, 6.07) is 6.00. The Labute approximate surface area is 81.7 Å². The molecule has 0 aliphatic rings. The lowest BCUT2D eigenvalue weighted by molar-refractivity contribution is 0.310. The Morgan fingerprint density at radius 2 is 1.93 bits per heavy atom. The lowest BCUT2D eigenvalue weighted by Gasteiger charge is -2.01. The van der Waals surface area contributed by atoms with Crippen LogP contribution in [0.2, 0.25) is 0 Å². The molecule has 2 N–H and O–H groups in total. The Hall–Kier alpha value is -1.84. The van der Waals surface area contributed by atoms with Crippen molar-refractivity contribution >= 4 is 5.82 Å². The number of nitrogens with zero attached hydrogens (tertiary/aromatic N) is 2. The van der Waals surface area contributed by atoms with Crippen LogP contribution in [0.3, 0.4) is 0 Å². The van der Waals surface area contributed by atoms with Gasteiger partial charge in [-0.1, -0.05) is 12.1 Å². The highest BCUT2D eigenvalue weighted by Gasteiger charge is 2.09. The average Bonchev–Trinajstić information content (AvgIpc) is 2.57. The number of aryl methyl sites for hydroxylation is 2. The van der Waals surface area contributed by atoms with Gasteiger partial charge in [-0.05, 0) is 41.4 Å². The zero-order chi connectivity index (χ0) is 10.1. The predicted octanol–water partition coefficient (Wildman–Crippen LogP) is 1.94. The van der Waals surface area contributed by atoms with Crippen molar-refractivity contribution in [2.45, 2.75) is 13.8 Å². The molecule has 2 rings (SSSR count). The highest BCUT2D eigenvalue weighted by molar-refractivity contribution is 5.69. The minimum atomic E-state index is 0.327. The first-order valence-corrected chi connectivity index (χ1v) is 4.34. The van der Waals surface area contributed by atoms with Crippen molar-refractivity contribution in [1.29, 1.82) is 0 Å². The Balaban J connectivity index is 2.53. The third-order valence-corrected chi connectivity index (χ3v) is 2.29. The maximum Gasteiger partial charge on any atom is 0.196 e. The van der Waals surface area contributed by atoms with Crippen molar-refractivity contribution in [1.82, 2.24) is 10.3 Å². The maximum atomic E-state index is 5.59. The van der Waals surface area contributed by atoms with Gasteiger partial charge in [0.05, 0.1) is 0 Å². The predicted molar refractivity (Wildman–Crippen MR) is 53.6 cm³/mol. The van der Waals surface area contributed by atoms with Gasteiger partial charge < -0.3 is 5.73 Å². The van der Waals surface area contributed by atoms with Crippen LogP contribution < -0.4 is 5.73 Å². The van der Waals surface area contributed by atoms with Gasteiger partial charge in [-0.15, -0.1) is 0 Å². The Morgan fingerprint density at radius 3 is 2.50 bits per heavy atom. The van der Waals surface area contributed by atoms with Crippen LogP contribution in [0.25, 0.3) is 11.3 Å². The molecule has 0 bridgehead atoms. The molecule has 0 spiro atoms. The first kappa shape index (κ1) is 8.74. The summed E-state index contributed by atoms with van der Waals surface area (Å²) in [5.41, 5.74) is 9.57. The Kier molecular flexibility index (Phi) is 1.96. The Bertz CT molecular complexity index is 462. The molecule has 0 aliphatic heterocycles. The molecule has 0 atom stereocenters. The number of nitrogens with two attached hydrogens (primary N) is 1. The number of hydrogen-bond donors (Lipinski definition) is 1. The number of aromatic nitrogens is 2. The number of rotatable bonds is 1. The summed E-state index contributed by atoms with van der Waals surface area (Å²) in [6.45, 7) is 4.10. The fourth-order valence-electron chi connectivity index (χ4n) is 1.28. The van der Waals surface area contributed by atoms with E-state index in [0.717, 1.165) is 5.56 Å². The fraction of sp³-hybridized carbons (Fsp3) is 0.200. The molecule has 72 valence electrons. The van der Waals surface area contributed by atoms with Crippen molar-refractivity contribution in [3.05, 3.63) is 29.3 Å². The molecule has 0 aliphatic carbocycles. The van der Waals surface area contributed by atoms with Gasteiger partial charge in [-0.3, -0.25) is 0 Å².